The molecule has 0 spiro atoms. The van der Waals surface area contributed by atoms with Crippen molar-refractivity contribution >= 4 is 5.84 Å². The number of hydrogen-bond donors (Lipinski definition) is 0. The summed E-state index contributed by atoms with van der Waals surface area (Å²) in [6.07, 6.45) is 7.06. The second-order valence-corrected chi connectivity index (χ2v) is 4.44. The van der Waals surface area contributed by atoms with Gasteiger partial charge in [-0.1, -0.05) is 12.8 Å². The smallest absolute Gasteiger partial charge is 0.102 e. The predicted molar refractivity (Wildman–Crippen MR) is 56.1 cm³/mol. The van der Waals surface area contributed by atoms with E-state index in [4.69, 9.17) is 0 Å². The van der Waals surface area contributed by atoms with Crippen molar-refractivity contribution in [2.75, 3.05) is 20.6 Å². The van der Waals surface area contributed by atoms with Gasteiger partial charge in [0.25, 0.3) is 0 Å². The van der Waals surface area contributed by atoms with E-state index in [1.165, 1.54) is 44.5 Å². The van der Waals surface area contributed by atoms with E-state index in [0.717, 1.165) is 11.8 Å². The Morgan fingerprint density at radius 2 is 2.00 bits per heavy atom. The number of likely N-dealkylation sites (tertiary alicyclic amines) is 1. The van der Waals surface area contributed by atoms with Gasteiger partial charge in [-0.3, -0.25) is 4.99 Å². The number of amidine groups is 1. The predicted octanol–water partition coefficient (Wildman–Crippen LogP) is 2.16. The number of nitrogens with zero attached hydrogens (tertiary/aromatic N) is 2. The molecule has 0 aromatic carbocycles. The average Bonchev–Trinajstić information content (AvgIpc) is 2.18. The standard InChI is InChI=1S/C11H20N2/c1-12-11-10-6-4-3-5-9(10)7-8-13(11)2/h9-10H,3-8H2,1-2H3/b12-11-. The van der Waals surface area contributed by atoms with Crippen LogP contribution in [0.2, 0.25) is 0 Å². The van der Waals surface area contributed by atoms with Gasteiger partial charge in [0, 0.05) is 26.6 Å². The Kier molecular flexibility index (Phi) is 2.56. The Bertz CT molecular complexity index is 210. The summed E-state index contributed by atoms with van der Waals surface area (Å²) in [4.78, 5) is 6.81. The molecule has 2 aliphatic rings. The summed E-state index contributed by atoms with van der Waals surface area (Å²) in [6, 6.07) is 0. The van der Waals surface area contributed by atoms with Crippen LogP contribution in [0.1, 0.15) is 32.1 Å². The fraction of sp³-hybridized carbons (Fsp3) is 0.909. The Labute approximate surface area is 81.0 Å². The third-order valence-corrected chi connectivity index (χ3v) is 3.70. The van der Waals surface area contributed by atoms with Crippen LogP contribution in [0.5, 0.6) is 0 Å². The molecule has 1 heterocycles. The van der Waals surface area contributed by atoms with Crippen LogP contribution in [0, 0.1) is 11.8 Å². The SMILES string of the molecule is C/N=C1/C2CCCCC2CCN1C. The molecule has 2 nitrogen and oxygen atoms in total. The van der Waals surface area contributed by atoms with Gasteiger partial charge in [0.15, 0.2) is 0 Å². The van der Waals surface area contributed by atoms with E-state index >= 15 is 0 Å². The van der Waals surface area contributed by atoms with Crippen molar-refractivity contribution in [3.8, 4) is 0 Å². The van der Waals surface area contributed by atoms with E-state index < -0.39 is 0 Å². The summed E-state index contributed by atoms with van der Waals surface area (Å²) in [5.74, 6) is 3.11. The van der Waals surface area contributed by atoms with Crippen molar-refractivity contribution in [3.05, 3.63) is 0 Å². The molecule has 2 heteroatoms. The van der Waals surface area contributed by atoms with Crippen LogP contribution in [-0.2, 0) is 0 Å². The molecule has 0 bridgehead atoms. The molecule has 74 valence electrons. The molecule has 1 saturated carbocycles. The topological polar surface area (TPSA) is 15.6 Å². The van der Waals surface area contributed by atoms with E-state index in [2.05, 4.69) is 16.9 Å². The van der Waals surface area contributed by atoms with Gasteiger partial charge in [-0.25, -0.2) is 0 Å². The molecule has 2 fully saturated rings. The minimum atomic E-state index is 0.789. The van der Waals surface area contributed by atoms with Crippen LogP contribution < -0.4 is 0 Å². The molecule has 0 N–H and O–H groups in total. The largest absolute Gasteiger partial charge is 0.363 e. The second-order valence-electron chi connectivity index (χ2n) is 4.44. The number of fused-ring (bicyclic) bond motifs is 1. The Morgan fingerprint density at radius 3 is 2.77 bits per heavy atom. The first-order valence-corrected chi connectivity index (χ1v) is 5.50. The van der Waals surface area contributed by atoms with E-state index in [9.17, 15) is 0 Å². The molecule has 1 aliphatic carbocycles. The zero-order chi connectivity index (χ0) is 9.26. The van der Waals surface area contributed by atoms with Crippen LogP contribution in [-0.4, -0.2) is 31.4 Å². The highest BCUT2D eigenvalue weighted by molar-refractivity contribution is 5.85. The van der Waals surface area contributed by atoms with Crippen molar-refractivity contribution in [2.24, 2.45) is 16.8 Å². The third kappa shape index (κ3) is 1.59. The van der Waals surface area contributed by atoms with Crippen LogP contribution in [0.25, 0.3) is 0 Å². The highest BCUT2D eigenvalue weighted by atomic mass is 15.2. The maximum atomic E-state index is 4.46. The molecule has 2 atom stereocenters. The summed E-state index contributed by atoms with van der Waals surface area (Å²) in [7, 11) is 4.13. The summed E-state index contributed by atoms with van der Waals surface area (Å²) < 4.78 is 0. The third-order valence-electron chi connectivity index (χ3n) is 3.70. The summed E-state index contributed by atoms with van der Waals surface area (Å²) in [5.41, 5.74) is 0. The first-order chi connectivity index (χ1) is 6.33. The van der Waals surface area contributed by atoms with Crippen LogP contribution in [0.15, 0.2) is 4.99 Å². The lowest BCUT2D eigenvalue weighted by molar-refractivity contribution is 0.216. The Morgan fingerprint density at radius 1 is 1.23 bits per heavy atom. The number of hydrogen-bond acceptors (Lipinski definition) is 1. The van der Waals surface area contributed by atoms with E-state index in [-0.39, 0.29) is 0 Å². The maximum Gasteiger partial charge on any atom is 0.102 e. The lowest BCUT2D eigenvalue weighted by atomic mass is 9.74. The number of aliphatic imine (C=N–C) groups is 1. The first kappa shape index (κ1) is 9.04. The minimum Gasteiger partial charge on any atom is -0.363 e. The van der Waals surface area contributed by atoms with Crippen molar-refractivity contribution < 1.29 is 0 Å². The fourth-order valence-corrected chi connectivity index (χ4v) is 2.99. The first-order valence-electron chi connectivity index (χ1n) is 5.50. The van der Waals surface area contributed by atoms with Gasteiger partial charge in [-0.15, -0.1) is 0 Å². The van der Waals surface area contributed by atoms with Gasteiger partial charge in [-0.2, -0.15) is 0 Å². The van der Waals surface area contributed by atoms with Crippen LogP contribution in [0.3, 0.4) is 0 Å². The van der Waals surface area contributed by atoms with Gasteiger partial charge >= 0.3 is 0 Å². The molecule has 2 rings (SSSR count). The number of rotatable bonds is 0. The second kappa shape index (κ2) is 3.69. The molecule has 1 saturated heterocycles. The maximum absolute atomic E-state index is 4.46. The molecule has 1 aliphatic heterocycles. The molecule has 2 unspecified atom stereocenters. The van der Waals surface area contributed by atoms with E-state index in [0.29, 0.717) is 0 Å². The number of piperidine rings is 1. The van der Waals surface area contributed by atoms with Crippen molar-refractivity contribution in [2.45, 2.75) is 32.1 Å². The average molecular weight is 180 g/mol. The van der Waals surface area contributed by atoms with Crippen molar-refractivity contribution in [1.29, 1.82) is 0 Å². The lowest BCUT2D eigenvalue weighted by Crippen LogP contribution is -2.44. The summed E-state index contributed by atoms with van der Waals surface area (Å²) >= 11 is 0. The van der Waals surface area contributed by atoms with Gasteiger partial charge in [0.1, 0.15) is 5.84 Å². The quantitative estimate of drug-likeness (QED) is 0.558. The summed E-state index contributed by atoms with van der Waals surface area (Å²) in [5, 5.41) is 0. The van der Waals surface area contributed by atoms with Gasteiger partial charge in [0.2, 0.25) is 0 Å². The molecule has 0 aromatic rings. The van der Waals surface area contributed by atoms with Gasteiger partial charge in [-0.05, 0) is 25.2 Å². The highest BCUT2D eigenvalue weighted by Gasteiger charge is 2.34. The molecule has 13 heavy (non-hydrogen) atoms. The molecular formula is C11H20N2. The zero-order valence-corrected chi connectivity index (χ0v) is 8.79. The van der Waals surface area contributed by atoms with Crippen LogP contribution in [0.4, 0.5) is 0 Å². The van der Waals surface area contributed by atoms with Crippen molar-refractivity contribution in [1.82, 2.24) is 4.90 Å². The molecular weight excluding hydrogens is 160 g/mol. The molecule has 0 radical (unpaired) electrons. The van der Waals surface area contributed by atoms with Gasteiger partial charge in [0.05, 0.1) is 0 Å². The summed E-state index contributed by atoms with van der Waals surface area (Å²) in [6.45, 7) is 1.22. The normalized spacial score (nSPS) is 37.7. The fourth-order valence-electron chi connectivity index (χ4n) is 2.99. The minimum absolute atomic E-state index is 0.789. The molecule has 0 aromatic heterocycles. The van der Waals surface area contributed by atoms with E-state index in [1.54, 1.807) is 0 Å². The van der Waals surface area contributed by atoms with Gasteiger partial charge < -0.3 is 4.90 Å². The van der Waals surface area contributed by atoms with E-state index in [1.807, 2.05) is 7.05 Å². The van der Waals surface area contributed by atoms with Crippen molar-refractivity contribution in [3.63, 3.8) is 0 Å². The monoisotopic (exact) mass is 180 g/mol. The lowest BCUT2D eigenvalue weighted by Gasteiger charge is -2.41. The highest BCUT2D eigenvalue weighted by Crippen LogP contribution is 2.36. The van der Waals surface area contributed by atoms with Crippen LogP contribution >= 0.6 is 0 Å². The Hall–Kier alpha value is -0.530. The Balaban J connectivity index is 2.14. The molecule has 0 amide bonds. The zero-order valence-electron chi connectivity index (χ0n) is 8.79.